The van der Waals surface area contributed by atoms with Crippen LogP contribution in [0.3, 0.4) is 0 Å². The van der Waals surface area contributed by atoms with Crippen molar-refractivity contribution >= 4 is 11.8 Å². The van der Waals surface area contributed by atoms with Gasteiger partial charge in [-0.15, -0.1) is 0 Å². The average molecular weight is 244 g/mol. The molecule has 2 atom stereocenters. The van der Waals surface area contributed by atoms with Gasteiger partial charge >= 0.3 is 0 Å². The van der Waals surface area contributed by atoms with E-state index in [0.29, 0.717) is 12.5 Å². The zero-order valence-electron chi connectivity index (χ0n) is 10.3. The number of fused-ring (bicyclic) bond motifs is 1. The summed E-state index contributed by atoms with van der Waals surface area (Å²) in [4.78, 5) is 25.1. The number of rotatable bonds is 2. The Balaban J connectivity index is 1.71. The zero-order chi connectivity index (χ0) is 12.7. The summed E-state index contributed by atoms with van der Waals surface area (Å²) in [5, 5.41) is 2.66. The smallest absolute Gasteiger partial charge is 0.245 e. The highest BCUT2D eigenvalue weighted by molar-refractivity contribution is 5.94. The highest BCUT2D eigenvalue weighted by Gasteiger charge is 2.34. The zero-order valence-corrected chi connectivity index (χ0v) is 10.3. The van der Waals surface area contributed by atoms with Gasteiger partial charge in [0.2, 0.25) is 11.8 Å². The molecule has 2 unspecified atom stereocenters. The Labute approximate surface area is 106 Å². The van der Waals surface area contributed by atoms with E-state index in [1.54, 1.807) is 11.8 Å². The van der Waals surface area contributed by atoms with Gasteiger partial charge in [0.15, 0.2) is 0 Å². The number of carbonyl (C=O) groups is 2. The van der Waals surface area contributed by atoms with Crippen molar-refractivity contribution in [1.82, 2.24) is 10.2 Å². The Morgan fingerprint density at radius 1 is 1.33 bits per heavy atom. The third kappa shape index (κ3) is 1.78. The summed E-state index contributed by atoms with van der Waals surface area (Å²) in [6.45, 7) is 2.59. The molecule has 3 rings (SSSR count). The molecule has 1 N–H and O–H groups in total. The van der Waals surface area contributed by atoms with Crippen LogP contribution in [0, 0.1) is 0 Å². The molecule has 0 aromatic heterocycles. The van der Waals surface area contributed by atoms with E-state index in [9.17, 15) is 9.59 Å². The third-order valence-electron chi connectivity index (χ3n) is 3.80. The van der Waals surface area contributed by atoms with Crippen molar-refractivity contribution in [2.75, 3.05) is 13.1 Å². The maximum atomic E-state index is 12.0. The van der Waals surface area contributed by atoms with Gasteiger partial charge in [0.1, 0.15) is 6.04 Å². The molecular formula is C14H16N2O2. The van der Waals surface area contributed by atoms with Crippen LogP contribution in [0.15, 0.2) is 24.3 Å². The van der Waals surface area contributed by atoms with Crippen molar-refractivity contribution in [2.24, 2.45) is 0 Å². The lowest BCUT2D eigenvalue weighted by molar-refractivity contribution is -0.144. The molecule has 4 heteroatoms. The van der Waals surface area contributed by atoms with Crippen molar-refractivity contribution < 1.29 is 9.59 Å². The van der Waals surface area contributed by atoms with E-state index >= 15 is 0 Å². The first-order valence-corrected chi connectivity index (χ1v) is 6.31. The molecule has 94 valence electrons. The van der Waals surface area contributed by atoms with E-state index in [4.69, 9.17) is 0 Å². The Bertz CT molecular complexity index is 512. The fraction of sp³-hybridized carbons (Fsp3) is 0.429. The van der Waals surface area contributed by atoms with Crippen LogP contribution in [0.5, 0.6) is 0 Å². The quantitative estimate of drug-likeness (QED) is 0.831. The lowest BCUT2D eigenvalue weighted by atomic mass is 9.77. The van der Waals surface area contributed by atoms with Gasteiger partial charge in [-0.1, -0.05) is 24.3 Å². The molecule has 2 amide bonds. The minimum Gasteiger partial charge on any atom is -0.343 e. The molecule has 1 aliphatic heterocycles. The predicted octanol–water partition coefficient (Wildman–Crippen LogP) is 0.673. The van der Waals surface area contributed by atoms with E-state index in [2.05, 4.69) is 17.4 Å². The van der Waals surface area contributed by atoms with E-state index in [1.165, 1.54) is 11.1 Å². The molecule has 18 heavy (non-hydrogen) atoms. The lowest BCUT2D eigenvalue weighted by Crippen LogP contribution is -2.57. The molecule has 0 bridgehead atoms. The van der Waals surface area contributed by atoms with Crippen LogP contribution in [-0.4, -0.2) is 35.8 Å². The van der Waals surface area contributed by atoms with Crippen molar-refractivity contribution in [3.63, 3.8) is 0 Å². The normalized spacial score (nSPS) is 26.4. The monoisotopic (exact) mass is 244 g/mol. The third-order valence-corrected chi connectivity index (χ3v) is 3.80. The lowest BCUT2D eigenvalue weighted by Gasteiger charge is -2.37. The summed E-state index contributed by atoms with van der Waals surface area (Å²) in [5.41, 5.74) is 2.69. The van der Waals surface area contributed by atoms with Crippen LogP contribution in [-0.2, 0) is 16.0 Å². The Morgan fingerprint density at radius 2 is 2.11 bits per heavy atom. The Morgan fingerprint density at radius 3 is 2.89 bits per heavy atom. The number of hydrogen-bond acceptors (Lipinski definition) is 2. The van der Waals surface area contributed by atoms with Gasteiger partial charge in [-0.05, 0) is 24.5 Å². The molecule has 4 nitrogen and oxygen atoms in total. The minimum absolute atomic E-state index is 0.0268. The molecule has 0 spiro atoms. The van der Waals surface area contributed by atoms with Gasteiger partial charge in [-0.2, -0.15) is 0 Å². The summed E-state index contributed by atoms with van der Waals surface area (Å²) in [6.07, 6.45) is 1.01. The molecule has 0 saturated carbocycles. The van der Waals surface area contributed by atoms with Gasteiger partial charge in [0.25, 0.3) is 0 Å². The van der Waals surface area contributed by atoms with Crippen LogP contribution in [0.2, 0.25) is 0 Å². The number of piperazine rings is 1. The van der Waals surface area contributed by atoms with E-state index in [1.807, 2.05) is 12.1 Å². The molecule has 1 aliphatic carbocycles. The molecule has 1 aromatic carbocycles. The number of benzene rings is 1. The molecule has 1 saturated heterocycles. The second kappa shape index (κ2) is 4.12. The molecule has 1 fully saturated rings. The highest BCUT2D eigenvalue weighted by atomic mass is 16.2. The SMILES string of the molecule is CC1NC(=O)CN(CC2Cc3ccccc32)C1=O. The summed E-state index contributed by atoms with van der Waals surface area (Å²) in [7, 11) is 0. The number of amides is 2. The fourth-order valence-electron chi connectivity index (χ4n) is 2.82. The van der Waals surface area contributed by atoms with Crippen LogP contribution in [0.25, 0.3) is 0 Å². The number of nitrogens with zero attached hydrogens (tertiary/aromatic N) is 1. The second-order valence-electron chi connectivity index (χ2n) is 5.11. The van der Waals surface area contributed by atoms with Gasteiger partial charge < -0.3 is 10.2 Å². The van der Waals surface area contributed by atoms with Gasteiger partial charge in [-0.25, -0.2) is 0 Å². The van der Waals surface area contributed by atoms with E-state index < -0.39 is 0 Å². The van der Waals surface area contributed by atoms with Crippen LogP contribution < -0.4 is 5.32 Å². The standard InChI is InChI=1S/C14H16N2O2/c1-9-14(18)16(8-13(17)15-9)7-11-6-10-4-2-3-5-12(10)11/h2-5,9,11H,6-8H2,1H3,(H,15,17). The summed E-state index contributed by atoms with van der Waals surface area (Å²) in [5.74, 6) is 0.358. The van der Waals surface area contributed by atoms with Gasteiger partial charge in [-0.3, -0.25) is 9.59 Å². The Kier molecular flexibility index (Phi) is 2.58. The average Bonchev–Trinajstić information content (AvgIpc) is 2.32. The number of carbonyl (C=O) groups excluding carboxylic acids is 2. The van der Waals surface area contributed by atoms with E-state index in [-0.39, 0.29) is 24.4 Å². The molecule has 2 aliphatic rings. The molecule has 1 aromatic rings. The first-order valence-electron chi connectivity index (χ1n) is 6.31. The minimum atomic E-state index is -0.387. The second-order valence-corrected chi connectivity index (χ2v) is 5.11. The van der Waals surface area contributed by atoms with Crippen LogP contribution in [0.1, 0.15) is 24.0 Å². The van der Waals surface area contributed by atoms with Crippen LogP contribution >= 0.6 is 0 Å². The first kappa shape index (κ1) is 11.3. The number of hydrogen-bond donors (Lipinski definition) is 1. The predicted molar refractivity (Wildman–Crippen MR) is 67.1 cm³/mol. The van der Waals surface area contributed by atoms with Crippen LogP contribution in [0.4, 0.5) is 0 Å². The summed E-state index contributed by atoms with van der Waals surface area (Å²) in [6, 6.07) is 7.91. The van der Waals surface area contributed by atoms with Crippen molar-refractivity contribution in [2.45, 2.75) is 25.3 Å². The van der Waals surface area contributed by atoms with E-state index in [0.717, 1.165) is 6.42 Å². The first-order chi connectivity index (χ1) is 8.65. The number of nitrogens with one attached hydrogen (secondary N) is 1. The summed E-state index contributed by atoms with van der Waals surface area (Å²) < 4.78 is 0. The van der Waals surface area contributed by atoms with Crippen molar-refractivity contribution in [3.8, 4) is 0 Å². The maximum absolute atomic E-state index is 12.0. The summed E-state index contributed by atoms with van der Waals surface area (Å²) >= 11 is 0. The van der Waals surface area contributed by atoms with Crippen molar-refractivity contribution in [1.29, 1.82) is 0 Å². The molecule has 0 radical (unpaired) electrons. The molecular weight excluding hydrogens is 228 g/mol. The van der Waals surface area contributed by atoms with Gasteiger partial charge in [0, 0.05) is 12.5 Å². The molecule has 1 heterocycles. The Hall–Kier alpha value is -1.84. The van der Waals surface area contributed by atoms with Gasteiger partial charge in [0.05, 0.1) is 6.54 Å². The fourth-order valence-corrected chi connectivity index (χ4v) is 2.82. The maximum Gasteiger partial charge on any atom is 0.245 e. The topological polar surface area (TPSA) is 49.4 Å². The highest BCUT2D eigenvalue weighted by Crippen LogP contribution is 2.35. The largest absolute Gasteiger partial charge is 0.343 e. The van der Waals surface area contributed by atoms with Crippen molar-refractivity contribution in [3.05, 3.63) is 35.4 Å².